The van der Waals surface area contributed by atoms with Crippen molar-refractivity contribution in [2.45, 2.75) is 65.7 Å². The fourth-order valence-electron chi connectivity index (χ4n) is 5.44. The maximum absolute atomic E-state index is 13.6. The van der Waals surface area contributed by atoms with Crippen LogP contribution < -0.4 is 14.8 Å². The quantitative estimate of drug-likeness (QED) is 0.296. The van der Waals surface area contributed by atoms with Gasteiger partial charge in [-0.05, 0) is 71.3 Å². The molecule has 1 fully saturated rings. The lowest BCUT2D eigenvalue weighted by atomic mass is 9.90. The summed E-state index contributed by atoms with van der Waals surface area (Å²) in [6.45, 7) is 9.69. The van der Waals surface area contributed by atoms with Crippen LogP contribution in [0.2, 0.25) is 0 Å². The molecule has 0 unspecified atom stereocenters. The molecule has 230 valence electrons. The van der Waals surface area contributed by atoms with E-state index in [2.05, 4.69) is 31.0 Å². The number of amides is 2. The van der Waals surface area contributed by atoms with Crippen LogP contribution in [-0.4, -0.2) is 60.1 Å². The Balaban J connectivity index is 1.37. The molecule has 0 bridgehead atoms. The number of nitrogens with one attached hydrogen (secondary N) is 1. The highest BCUT2D eigenvalue weighted by Gasteiger charge is 2.30. The Hall–Kier alpha value is -4.04. The van der Waals surface area contributed by atoms with E-state index in [0.29, 0.717) is 30.8 Å². The van der Waals surface area contributed by atoms with E-state index in [1.54, 1.807) is 26.4 Å². The van der Waals surface area contributed by atoms with Crippen LogP contribution in [0.4, 0.5) is 0 Å². The molecular weight excluding hydrogens is 542 g/mol. The SMILES string of the molecule is COc1ccc(CNC(=O)c2ccc(CN(C(=O)CC(C)(C)C)C3CCN(Cc4ccc(OC)c(O)c4)CC3)cc2)cc1. The number of hydrogen-bond acceptors (Lipinski definition) is 6. The van der Waals surface area contributed by atoms with E-state index in [9.17, 15) is 14.7 Å². The van der Waals surface area contributed by atoms with Crippen molar-refractivity contribution in [2.75, 3.05) is 27.3 Å². The van der Waals surface area contributed by atoms with Crippen molar-refractivity contribution in [1.82, 2.24) is 15.1 Å². The molecule has 2 amide bonds. The minimum atomic E-state index is -0.138. The van der Waals surface area contributed by atoms with Crippen LogP contribution in [0.3, 0.4) is 0 Å². The number of likely N-dealkylation sites (tertiary alicyclic amines) is 1. The molecule has 1 saturated heterocycles. The van der Waals surface area contributed by atoms with Gasteiger partial charge in [-0.3, -0.25) is 14.5 Å². The molecule has 3 aromatic carbocycles. The van der Waals surface area contributed by atoms with Gasteiger partial charge in [-0.15, -0.1) is 0 Å². The molecule has 8 nitrogen and oxygen atoms in total. The molecule has 0 radical (unpaired) electrons. The van der Waals surface area contributed by atoms with Crippen LogP contribution in [0.15, 0.2) is 66.7 Å². The van der Waals surface area contributed by atoms with Crippen LogP contribution in [0.25, 0.3) is 0 Å². The average molecular weight is 588 g/mol. The average Bonchev–Trinajstić information content (AvgIpc) is 2.99. The third-order valence-electron chi connectivity index (χ3n) is 7.83. The second-order valence-electron chi connectivity index (χ2n) is 12.5. The van der Waals surface area contributed by atoms with Crippen molar-refractivity contribution in [2.24, 2.45) is 5.41 Å². The summed E-state index contributed by atoms with van der Waals surface area (Å²) >= 11 is 0. The predicted octanol–water partition coefficient (Wildman–Crippen LogP) is 5.77. The summed E-state index contributed by atoms with van der Waals surface area (Å²) in [5.41, 5.74) is 3.50. The molecule has 0 saturated carbocycles. The minimum absolute atomic E-state index is 0.113. The van der Waals surface area contributed by atoms with E-state index in [1.807, 2.05) is 59.5 Å². The summed E-state index contributed by atoms with van der Waals surface area (Å²) in [5, 5.41) is 13.1. The summed E-state index contributed by atoms with van der Waals surface area (Å²) in [7, 11) is 3.17. The van der Waals surface area contributed by atoms with E-state index < -0.39 is 0 Å². The summed E-state index contributed by atoms with van der Waals surface area (Å²) in [6, 6.07) is 20.8. The number of benzene rings is 3. The predicted molar refractivity (Wildman–Crippen MR) is 168 cm³/mol. The Bertz CT molecular complexity index is 1360. The van der Waals surface area contributed by atoms with Crippen LogP contribution in [-0.2, 0) is 24.4 Å². The first-order chi connectivity index (χ1) is 20.5. The van der Waals surface area contributed by atoms with Gasteiger partial charge in [-0.2, -0.15) is 0 Å². The molecule has 1 aliphatic rings. The third-order valence-corrected chi connectivity index (χ3v) is 7.83. The largest absolute Gasteiger partial charge is 0.504 e. The van der Waals surface area contributed by atoms with E-state index >= 15 is 0 Å². The van der Waals surface area contributed by atoms with Gasteiger partial charge in [0, 0.05) is 50.7 Å². The summed E-state index contributed by atoms with van der Waals surface area (Å²) < 4.78 is 10.4. The second-order valence-corrected chi connectivity index (χ2v) is 12.5. The number of carbonyl (C=O) groups excluding carboxylic acids is 2. The van der Waals surface area contributed by atoms with Gasteiger partial charge in [-0.1, -0.05) is 51.1 Å². The molecule has 3 aromatic rings. The molecule has 0 aromatic heterocycles. The molecule has 4 rings (SSSR count). The highest BCUT2D eigenvalue weighted by Crippen LogP contribution is 2.29. The van der Waals surface area contributed by atoms with Gasteiger partial charge in [0.25, 0.3) is 5.91 Å². The standard InChI is InChI=1S/C35H45N3O5/c1-35(2,3)21-33(40)38(29-16-18-37(19-17-29)23-27-10-15-32(43-5)31(39)20-27)24-26-6-11-28(12-7-26)34(41)36-22-25-8-13-30(42-4)14-9-25/h6-15,20,29,39H,16-19,21-24H2,1-5H3,(H,36,41). The van der Waals surface area contributed by atoms with Gasteiger partial charge in [0.15, 0.2) is 11.5 Å². The van der Waals surface area contributed by atoms with E-state index in [-0.39, 0.29) is 29.0 Å². The number of piperidine rings is 1. The number of carbonyl (C=O) groups is 2. The Morgan fingerprint density at radius 1 is 0.907 bits per heavy atom. The summed E-state index contributed by atoms with van der Waals surface area (Å²) in [6.07, 6.45) is 2.23. The summed E-state index contributed by atoms with van der Waals surface area (Å²) in [4.78, 5) is 30.7. The van der Waals surface area contributed by atoms with Gasteiger partial charge in [0.2, 0.25) is 5.91 Å². The normalized spacial score (nSPS) is 14.3. The molecule has 0 atom stereocenters. The van der Waals surface area contributed by atoms with E-state index in [1.165, 1.54) is 0 Å². The van der Waals surface area contributed by atoms with Crippen molar-refractivity contribution in [3.05, 3.63) is 89.0 Å². The van der Waals surface area contributed by atoms with E-state index in [0.717, 1.165) is 54.9 Å². The van der Waals surface area contributed by atoms with Gasteiger partial charge in [0.1, 0.15) is 5.75 Å². The van der Waals surface area contributed by atoms with Crippen molar-refractivity contribution in [1.29, 1.82) is 0 Å². The zero-order valence-corrected chi connectivity index (χ0v) is 26.1. The maximum atomic E-state index is 13.6. The zero-order chi connectivity index (χ0) is 31.0. The Kier molecular flexibility index (Phi) is 10.7. The van der Waals surface area contributed by atoms with Crippen LogP contribution in [0.1, 0.15) is 67.1 Å². The lowest BCUT2D eigenvalue weighted by Crippen LogP contribution is -2.47. The topological polar surface area (TPSA) is 91.3 Å². The number of nitrogens with zero attached hydrogens (tertiary/aromatic N) is 2. The minimum Gasteiger partial charge on any atom is -0.504 e. The molecule has 0 spiro atoms. The number of phenols is 1. The number of methoxy groups -OCH3 is 2. The summed E-state index contributed by atoms with van der Waals surface area (Å²) in [5.74, 6) is 1.42. The van der Waals surface area contributed by atoms with Gasteiger partial charge in [0.05, 0.1) is 14.2 Å². The molecule has 1 aliphatic heterocycles. The number of hydrogen-bond donors (Lipinski definition) is 2. The molecular formula is C35H45N3O5. The number of phenolic OH excluding ortho intramolecular Hbond substituents is 1. The monoisotopic (exact) mass is 587 g/mol. The highest BCUT2D eigenvalue weighted by atomic mass is 16.5. The Morgan fingerprint density at radius 2 is 1.53 bits per heavy atom. The number of aromatic hydroxyl groups is 1. The first-order valence-corrected chi connectivity index (χ1v) is 14.9. The molecule has 0 aliphatic carbocycles. The van der Waals surface area contributed by atoms with Crippen LogP contribution in [0.5, 0.6) is 17.2 Å². The zero-order valence-electron chi connectivity index (χ0n) is 26.1. The second kappa shape index (κ2) is 14.4. The smallest absolute Gasteiger partial charge is 0.251 e. The molecule has 43 heavy (non-hydrogen) atoms. The van der Waals surface area contributed by atoms with Gasteiger partial charge in [-0.25, -0.2) is 0 Å². The first-order valence-electron chi connectivity index (χ1n) is 14.9. The lowest BCUT2D eigenvalue weighted by Gasteiger charge is -2.39. The van der Waals surface area contributed by atoms with Crippen molar-refractivity contribution in [3.8, 4) is 17.2 Å². The first kappa shape index (κ1) is 31.9. The van der Waals surface area contributed by atoms with Crippen LogP contribution >= 0.6 is 0 Å². The number of ether oxygens (including phenoxy) is 2. The molecule has 8 heteroatoms. The van der Waals surface area contributed by atoms with Gasteiger partial charge >= 0.3 is 0 Å². The van der Waals surface area contributed by atoms with Gasteiger partial charge < -0.3 is 24.8 Å². The fourth-order valence-corrected chi connectivity index (χ4v) is 5.44. The fraction of sp³-hybridized carbons (Fsp3) is 0.429. The molecule has 2 N–H and O–H groups in total. The Labute approximate surface area is 255 Å². The van der Waals surface area contributed by atoms with E-state index in [4.69, 9.17) is 9.47 Å². The van der Waals surface area contributed by atoms with Crippen molar-refractivity contribution >= 4 is 11.8 Å². The maximum Gasteiger partial charge on any atom is 0.251 e. The number of rotatable bonds is 11. The highest BCUT2D eigenvalue weighted by molar-refractivity contribution is 5.94. The lowest BCUT2D eigenvalue weighted by molar-refractivity contribution is -0.137. The third kappa shape index (κ3) is 9.22. The van der Waals surface area contributed by atoms with Crippen LogP contribution in [0, 0.1) is 5.41 Å². The van der Waals surface area contributed by atoms with Crippen molar-refractivity contribution in [3.63, 3.8) is 0 Å². The molecule has 1 heterocycles. The Morgan fingerprint density at radius 3 is 2.12 bits per heavy atom. The van der Waals surface area contributed by atoms with Crippen molar-refractivity contribution < 1.29 is 24.2 Å².